The molecular weight excluding hydrogens is 1640 g/mol. The van der Waals surface area contributed by atoms with Crippen molar-refractivity contribution in [3.8, 4) is 0 Å². The fourth-order valence-corrected chi connectivity index (χ4v) is 40.3. The molecule has 29 heteroatoms. The van der Waals surface area contributed by atoms with E-state index in [1.807, 2.05) is 247 Å². The number of carbonyl (C=O) groups is 1. The molecule has 0 radical (unpaired) electrons. The second-order valence-corrected chi connectivity index (χ2v) is 48.2. The normalized spacial score (nSPS) is 20.7. The molecule has 0 aliphatic carbocycles. The van der Waals surface area contributed by atoms with Crippen molar-refractivity contribution in [2.24, 2.45) is 0 Å². The number of hydrogen-bond donors (Lipinski definition) is 1. The number of carbonyl (C=O) groups excluding carboxylic acids is 1. The van der Waals surface area contributed by atoms with Crippen LogP contribution in [0, 0.1) is 0 Å². The zero-order valence-corrected chi connectivity index (χ0v) is 73.0. The van der Waals surface area contributed by atoms with Crippen LogP contribution in [0.1, 0.15) is 69.2 Å². The van der Waals surface area contributed by atoms with E-state index < -0.39 is 0 Å². The molecule has 0 bridgehead atoms. The van der Waals surface area contributed by atoms with Crippen LogP contribution in [0.2, 0.25) is 0 Å². The number of thioether (sulfide) groups is 23. The van der Waals surface area contributed by atoms with Gasteiger partial charge in [-0.1, -0.05) is 217 Å². The lowest BCUT2D eigenvalue weighted by atomic mass is 10.1. The number of esters is 1. The molecule has 93 heavy (non-hydrogen) atoms. The van der Waals surface area contributed by atoms with Gasteiger partial charge < -0.3 is 14.4 Å². The minimum atomic E-state index is -0.141. The molecule has 10 aliphatic heterocycles. The molecule has 0 aromatic heterocycles. The van der Waals surface area contributed by atoms with Gasteiger partial charge in [0.25, 0.3) is 0 Å². The third-order valence-electron chi connectivity index (χ3n) is 12.9. The Morgan fingerprint density at radius 1 is 0.495 bits per heavy atom. The number of halogens is 1. The predicted octanol–water partition coefficient (Wildman–Crippen LogP) is 27.4. The third-order valence-corrected chi connectivity index (χ3v) is 45.5. The van der Waals surface area contributed by atoms with Gasteiger partial charge in [-0.05, 0) is 110 Å². The van der Waals surface area contributed by atoms with Gasteiger partial charge in [0.1, 0.15) is 0 Å². The fourth-order valence-electron chi connectivity index (χ4n) is 7.96. The summed E-state index contributed by atoms with van der Waals surface area (Å²) in [6.07, 6.45) is 22.2. The molecule has 506 valence electrons. The summed E-state index contributed by atoms with van der Waals surface area (Å²) < 4.78 is 33.8. The van der Waals surface area contributed by atoms with E-state index in [9.17, 15) is 4.79 Å². The SMILES string of the molecule is C1CCOC1.CCN(CC)CC.CCc1ccc(CCl)cc1.COC(=O)CCSC1=C(SC)SC(=CC=C2SC3=C(SCCS3)S2)S1.CSC1=C(SCc2ccc(CSC3=C(CS)SC(=CC=C4SC5=C(SCCS5)S4)S3)cc2)SC(=CC=C2SC3=C(SCCS3)S2)S1. The number of methoxy groups -OCH3 is 1. The van der Waals surface area contributed by atoms with Gasteiger partial charge in [0.05, 0.1) is 85.6 Å². The first kappa shape index (κ1) is 82.1. The summed E-state index contributed by atoms with van der Waals surface area (Å²) in [4.78, 5) is 15.0. The Hall–Kier alpha value is 3.40. The van der Waals surface area contributed by atoms with Gasteiger partial charge in [-0.15, -0.1) is 141 Å². The Morgan fingerprint density at radius 2 is 0.839 bits per heavy atom. The maximum Gasteiger partial charge on any atom is 0.306 e. The highest BCUT2D eigenvalue weighted by molar-refractivity contribution is 8.44. The Bertz CT molecular complexity index is 3000. The second kappa shape index (κ2) is 47.1. The Kier molecular flexibility index (Phi) is 41.5. The van der Waals surface area contributed by atoms with Crippen LogP contribution in [0.3, 0.4) is 0 Å². The van der Waals surface area contributed by atoms with Crippen molar-refractivity contribution in [1.29, 1.82) is 0 Å². The van der Waals surface area contributed by atoms with Crippen molar-refractivity contribution < 1.29 is 14.3 Å². The maximum absolute atomic E-state index is 11.3. The lowest BCUT2D eigenvalue weighted by Crippen LogP contribution is -2.21. The van der Waals surface area contributed by atoms with Gasteiger partial charge in [0.15, 0.2) is 0 Å². The van der Waals surface area contributed by atoms with Gasteiger partial charge in [0.2, 0.25) is 0 Å². The quantitative estimate of drug-likeness (QED) is 0.0732. The average molecular weight is 1710 g/mol. The molecular formula is C64H76ClNO3S24. The van der Waals surface area contributed by atoms with E-state index in [2.05, 4.69) is 143 Å². The number of nitrogens with zero attached hydrogens (tertiary/aromatic N) is 1. The smallest absolute Gasteiger partial charge is 0.306 e. The summed E-state index contributed by atoms with van der Waals surface area (Å²) in [7, 11) is 1.44. The number of alkyl halides is 1. The highest BCUT2D eigenvalue weighted by Crippen LogP contribution is 2.64. The molecule has 0 atom stereocenters. The molecule has 4 nitrogen and oxygen atoms in total. The number of thiol groups is 1. The van der Waals surface area contributed by atoms with Crippen molar-refractivity contribution in [2.45, 2.75) is 70.8 Å². The van der Waals surface area contributed by atoms with E-state index in [-0.39, 0.29) is 5.97 Å². The number of rotatable bonds is 21. The largest absolute Gasteiger partial charge is 0.469 e. The monoisotopic (exact) mass is 1710 g/mol. The first-order chi connectivity index (χ1) is 45.5. The van der Waals surface area contributed by atoms with Crippen LogP contribution in [0.4, 0.5) is 0 Å². The highest BCUT2D eigenvalue weighted by Gasteiger charge is 2.29. The van der Waals surface area contributed by atoms with Crippen molar-refractivity contribution in [1.82, 2.24) is 4.90 Å². The molecule has 0 spiro atoms. The standard InChI is InChI=1S/C30H26S16.C15H16O2S8.C9H11Cl.C6H15N.C4H8O/c1-32-25-26(42-21(41-25)8-9-23-45-29-30(46-23)36-13-12-35-29)38-16-18-4-2-17(3-5-18)15-37-24-19(14-31)39-20(40-24)6-7-22-43-27-28(44-22)34-11-10-33-27;1-17-9(16)5-6-19-13-12(18-2)22-10(23-13)3-4-11-24-14-15(25-11)21-8-7-20-14;1-2-8-3-5-9(7-10)6-4-8;1-4-7(5-2)6-3;1-2-4-5-3-1/h2-9,31H,10-16H2,1H3;3-4H,5-8H2,1-2H3;3-6H,2,7H2,1H3;4-6H2,1-3H3;1-4H2. The highest BCUT2D eigenvalue weighted by atomic mass is 35.5. The maximum atomic E-state index is 11.3. The van der Waals surface area contributed by atoms with E-state index in [4.69, 9.17) is 21.1 Å². The topological polar surface area (TPSA) is 38.8 Å². The number of ether oxygens (including phenoxy) is 2. The Morgan fingerprint density at radius 3 is 1.17 bits per heavy atom. The third kappa shape index (κ3) is 28.7. The van der Waals surface area contributed by atoms with E-state index >= 15 is 0 Å². The lowest BCUT2D eigenvalue weighted by molar-refractivity contribution is -0.140. The summed E-state index contributed by atoms with van der Waals surface area (Å²) in [6.45, 7) is 14.3. The van der Waals surface area contributed by atoms with E-state index in [0.717, 1.165) is 42.6 Å². The van der Waals surface area contributed by atoms with Crippen molar-refractivity contribution in [3.63, 3.8) is 0 Å². The van der Waals surface area contributed by atoms with Crippen LogP contribution in [-0.4, -0.2) is 109 Å². The summed E-state index contributed by atoms with van der Waals surface area (Å²) in [5, 5.41) is 0. The van der Waals surface area contributed by atoms with Crippen LogP contribution in [0.5, 0.6) is 0 Å². The van der Waals surface area contributed by atoms with Crippen molar-refractivity contribution in [2.75, 3.05) is 98.5 Å². The first-order valence-corrected chi connectivity index (χ1v) is 52.1. The van der Waals surface area contributed by atoms with Crippen molar-refractivity contribution >= 4 is 301 Å². The zero-order valence-electron chi connectivity index (χ0n) is 52.6. The van der Waals surface area contributed by atoms with Gasteiger partial charge in [-0.25, -0.2) is 0 Å². The molecule has 1 saturated heterocycles. The average Bonchev–Trinajstić information content (AvgIpc) is 2.64. The molecule has 10 aliphatic rings. The van der Waals surface area contributed by atoms with Crippen LogP contribution in [-0.2, 0) is 38.1 Å². The Labute approximate surface area is 664 Å². The Balaban J connectivity index is 0.000000195. The van der Waals surface area contributed by atoms with Gasteiger partial charge in [-0.3, -0.25) is 4.79 Å². The number of aryl methyl sites for hydroxylation is 1. The van der Waals surface area contributed by atoms with Crippen molar-refractivity contribution in [3.05, 3.63) is 184 Å². The van der Waals surface area contributed by atoms with Gasteiger partial charge in [-0.2, -0.15) is 12.6 Å². The van der Waals surface area contributed by atoms with E-state index in [0.29, 0.717) is 12.3 Å². The summed E-state index contributed by atoms with van der Waals surface area (Å²) in [5.74, 6) is 11.4. The van der Waals surface area contributed by atoms with Crippen LogP contribution in [0.25, 0.3) is 0 Å². The molecule has 0 saturated carbocycles. The molecule has 0 amide bonds. The minimum Gasteiger partial charge on any atom is -0.469 e. The number of benzene rings is 2. The number of allylic oxidation sites excluding steroid dienone is 6. The fraction of sp³-hybridized carbons (Fsp3) is 0.422. The lowest BCUT2D eigenvalue weighted by Gasteiger charge is -2.13. The molecule has 10 heterocycles. The van der Waals surface area contributed by atoms with Crippen LogP contribution < -0.4 is 0 Å². The molecule has 2 aromatic rings. The van der Waals surface area contributed by atoms with E-state index in [1.165, 1.54) is 173 Å². The summed E-state index contributed by atoms with van der Waals surface area (Å²) in [6, 6.07) is 17.7. The molecule has 12 rings (SSSR count). The predicted molar refractivity (Wildman–Crippen MR) is 474 cm³/mol. The summed E-state index contributed by atoms with van der Waals surface area (Å²) in [5.41, 5.74) is 5.33. The first-order valence-electron chi connectivity index (χ1n) is 29.8. The summed E-state index contributed by atoms with van der Waals surface area (Å²) >= 11 is 54.6. The molecule has 0 N–H and O–H groups in total. The zero-order chi connectivity index (χ0) is 65.6. The number of hydrogen-bond acceptors (Lipinski definition) is 28. The van der Waals surface area contributed by atoms with Crippen LogP contribution in [0.15, 0.2) is 162 Å². The molecule has 1 fully saturated rings. The molecule has 2 aromatic carbocycles. The van der Waals surface area contributed by atoms with Crippen LogP contribution >= 0.6 is 295 Å². The van der Waals surface area contributed by atoms with Gasteiger partial charge >= 0.3 is 5.97 Å². The molecule has 0 unspecified atom stereocenters. The second-order valence-electron chi connectivity index (χ2n) is 19.2. The minimum absolute atomic E-state index is 0.141. The van der Waals surface area contributed by atoms with E-state index in [1.54, 1.807) is 23.5 Å². The van der Waals surface area contributed by atoms with Gasteiger partial charge in [0, 0.05) is 81.5 Å².